The van der Waals surface area contributed by atoms with Crippen LogP contribution in [0.5, 0.6) is 0 Å². The number of hydrogen-bond acceptors (Lipinski definition) is 2. The Kier molecular flexibility index (Phi) is 5.38. The van der Waals surface area contributed by atoms with E-state index in [2.05, 4.69) is 10.6 Å². The molecule has 24 heavy (non-hydrogen) atoms. The normalized spacial score (nSPS) is 11.2. The van der Waals surface area contributed by atoms with Gasteiger partial charge in [-0.25, -0.2) is 8.78 Å². The molecule has 0 bridgehead atoms. The lowest BCUT2D eigenvalue weighted by molar-refractivity contribution is -0.137. The Morgan fingerprint density at radius 2 is 1.71 bits per heavy atom. The molecule has 0 atom stereocenters. The highest BCUT2D eigenvalue weighted by Crippen LogP contribution is 2.34. The molecule has 0 aliphatic heterocycles. The minimum Gasteiger partial charge on any atom is -0.384 e. The summed E-state index contributed by atoms with van der Waals surface area (Å²) in [6.07, 6.45) is -4.70. The zero-order valence-electron chi connectivity index (χ0n) is 12.3. The molecule has 0 unspecified atom stereocenters. The second kappa shape index (κ2) is 7.29. The molecule has 2 N–H and O–H groups in total. The molecular weight excluding hydrogens is 331 g/mol. The van der Waals surface area contributed by atoms with Crippen LogP contribution in [0.25, 0.3) is 0 Å². The van der Waals surface area contributed by atoms with Crippen molar-refractivity contribution < 1.29 is 26.7 Å². The van der Waals surface area contributed by atoms with Crippen LogP contribution in [0, 0.1) is 11.6 Å². The predicted octanol–water partition coefficient (Wildman–Crippen LogP) is 4.42. The molecule has 0 fully saturated rings. The molecule has 3 nitrogen and oxygen atoms in total. The summed E-state index contributed by atoms with van der Waals surface area (Å²) in [5.74, 6) is -2.33. The molecule has 0 aromatic heterocycles. The Bertz CT molecular complexity index is 731. The van der Waals surface area contributed by atoms with Crippen molar-refractivity contribution in [3.05, 3.63) is 59.7 Å². The first kappa shape index (κ1) is 17.7. The summed E-state index contributed by atoms with van der Waals surface area (Å²) in [6, 6.07) is 7.54. The highest BCUT2D eigenvalue weighted by atomic mass is 19.4. The predicted molar refractivity (Wildman–Crippen MR) is 79.5 cm³/mol. The average Bonchev–Trinajstić information content (AvgIpc) is 2.49. The number of benzene rings is 2. The number of anilines is 2. The number of hydrogen-bond donors (Lipinski definition) is 2. The molecular formula is C16H13F5N2O. The van der Waals surface area contributed by atoms with Crippen LogP contribution in [0.4, 0.5) is 33.3 Å². The summed E-state index contributed by atoms with van der Waals surface area (Å²) < 4.78 is 64.6. The van der Waals surface area contributed by atoms with Gasteiger partial charge in [-0.2, -0.15) is 13.2 Å². The molecule has 0 aliphatic carbocycles. The van der Waals surface area contributed by atoms with Crippen molar-refractivity contribution in [1.29, 1.82) is 0 Å². The summed E-state index contributed by atoms with van der Waals surface area (Å²) in [5, 5.41) is 4.75. The van der Waals surface area contributed by atoms with Crippen molar-refractivity contribution >= 4 is 17.3 Å². The summed E-state index contributed by atoms with van der Waals surface area (Å²) in [5.41, 5.74) is -1.18. The van der Waals surface area contributed by atoms with Gasteiger partial charge in [-0.1, -0.05) is 12.1 Å². The molecule has 2 aromatic carbocycles. The van der Waals surface area contributed by atoms with Gasteiger partial charge >= 0.3 is 6.18 Å². The first-order chi connectivity index (χ1) is 11.3. The van der Waals surface area contributed by atoms with E-state index in [4.69, 9.17) is 0 Å². The van der Waals surface area contributed by atoms with Crippen LogP contribution in [-0.2, 0) is 11.0 Å². The van der Waals surface area contributed by atoms with Gasteiger partial charge in [0.2, 0.25) is 5.91 Å². The monoisotopic (exact) mass is 344 g/mol. The van der Waals surface area contributed by atoms with Gasteiger partial charge in [0.05, 0.1) is 11.3 Å². The van der Waals surface area contributed by atoms with Crippen LogP contribution in [0.15, 0.2) is 42.5 Å². The second-order valence-corrected chi connectivity index (χ2v) is 4.89. The zero-order chi connectivity index (χ0) is 17.7. The molecule has 2 rings (SSSR count). The summed E-state index contributed by atoms with van der Waals surface area (Å²) >= 11 is 0. The third kappa shape index (κ3) is 4.68. The van der Waals surface area contributed by atoms with Crippen LogP contribution in [0.3, 0.4) is 0 Å². The SMILES string of the molecule is O=C(CCNc1ccccc1C(F)(F)F)Nc1ccc(F)cc1F. The van der Waals surface area contributed by atoms with Gasteiger partial charge in [0.1, 0.15) is 11.6 Å². The number of para-hydroxylation sites is 1. The number of halogens is 5. The van der Waals surface area contributed by atoms with Gasteiger partial charge in [-0.15, -0.1) is 0 Å². The minimum absolute atomic E-state index is 0.0816. The number of amides is 1. The maximum Gasteiger partial charge on any atom is 0.418 e. The molecule has 2 aromatic rings. The molecule has 128 valence electrons. The number of rotatable bonds is 5. The topological polar surface area (TPSA) is 41.1 Å². The lowest BCUT2D eigenvalue weighted by Gasteiger charge is -2.14. The van der Waals surface area contributed by atoms with E-state index in [1.165, 1.54) is 18.2 Å². The summed E-state index contributed by atoms with van der Waals surface area (Å²) in [4.78, 5) is 11.7. The summed E-state index contributed by atoms with van der Waals surface area (Å²) in [6.45, 7) is -0.0816. The van der Waals surface area contributed by atoms with Crippen molar-refractivity contribution in [3.8, 4) is 0 Å². The average molecular weight is 344 g/mol. The number of alkyl halides is 3. The van der Waals surface area contributed by atoms with Crippen molar-refractivity contribution in [3.63, 3.8) is 0 Å². The lowest BCUT2D eigenvalue weighted by Crippen LogP contribution is -2.18. The first-order valence-corrected chi connectivity index (χ1v) is 6.92. The number of carbonyl (C=O) groups is 1. The van der Waals surface area contributed by atoms with Crippen LogP contribution in [-0.4, -0.2) is 12.5 Å². The van der Waals surface area contributed by atoms with Crippen LogP contribution < -0.4 is 10.6 Å². The van der Waals surface area contributed by atoms with E-state index in [9.17, 15) is 26.7 Å². The Balaban J connectivity index is 1.92. The molecule has 0 aliphatic rings. The molecule has 0 spiro atoms. The third-order valence-corrected chi connectivity index (χ3v) is 3.11. The quantitative estimate of drug-likeness (QED) is 0.788. The van der Waals surface area contributed by atoms with Gasteiger partial charge in [-0.05, 0) is 24.3 Å². The molecule has 0 radical (unpaired) electrons. The number of carbonyl (C=O) groups excluding carboxylic acids is 1. The maximum atomic E-state index is 13.4. The van der Waals surface area contributed by atoms with E-state index in [1.807, 2.05) is 0 Å². The van der Waals surface area contributed by atoms with Crippen LogP contribution in [0.1, 0.15) is 12.0 Å². The first-order valence-electron chi connectivity index (χ1n) is 6.92. The Morgan fingerprint density at radius 3 is 2.38 bits per heavy atom. The van der Waals surface area contributed by atoms with E-state index in [1.54, 1.807) is 0 Å². The van der Waals surface area contributed by atoms with Gasteiger partial charge in [-0.3, -0.25) is 4.79 Å². The standard InChI is InChI=1S/C16H13F5N2O/c17-10-5-6-14(12(18)9-10)23-15(24)7-8-22-13-4-2-1-3-11(13)16(19,20)21/h1-6,9,22H,7-8H2,(H,23,24). The van der Waals surface area contributed by atoms with Crippen molar-refractivity contribution in [2.75, 3.05) is 17.2 Å². The fourth-order valence-corrected chi connectivity index (χ4v) is 2.00. The minimum atomic E-state index is -4.51. The summed E-state index contributed by atoms with van der Waals surface area (Å²) in [7, 11) is 0. The maximum absolute atomic E-state index is 13.4. The second-order valence-electron chi connectivity index (χ2n) is 4.89. The van der Waals surface area contributed by atoms with E-state index in [-0.39, 0.29) is 24.3 Å². The Morgan fingerprint density at radius 1 is 1.00 bits per heavy atom. The largest absolute Gasteiger partial charge is 0.418 e. The Labute approximate surface area is 134 Å². The highest BCUT2D eigenvalue weighted by molar-refractivity contribution is 5.91. The lowest BCUT2D eigenvalue weighted by atomic mass is 10.1. The van der Waals surface area contributed by atoms with E-state index < -0.39 is 29.3 Å². The van der Waals surface area contributed by atoms with Crippen molar-refractivity contribution in [2.45, 2.75) is 12.6 Å². The van der Waals surface area contributed by atoms with E-state index >= 15 is 0 Å². The van der Waals surface area contributed by atoms with E-state index in [0.717, 1.165) is 18.2 Å². The molecule has 0 heterocycles. The van der Waals surface area contributed by atoms with Gasteiger partial charge in [0.25, 0.3) is 0 Å². The van der Waals surface area contributed by atoms with Gasteiger partial charge in [0.15, 0.2) is 0 Å². The number of nitrogens with one attached hydrogen (secondary N) is 2. The smallest absolute Gasteiger partial charge is 0.384 e. The van der Waals surface area contributed by atoms with Crippen LogP contribution in [0.2, 0.25) is 0 Å². The third-order valence-electron chi connectivity index (χ3n) is 3.11. The fraction of sp³-hybridized carbons (Fsp3) is 0.188. The highest BCUT2D eigenvalue weighted by Gasteiger charge is 2.33. The van der Waals surface area contributed by atoms with Crippen LogP contribution >= 0.6 is 0 Å². The molecule has 0 saturated carbocycles. The fourth-order valence-electron chi connectivity index (χ4n) is 2.00. The zero-order valence-corrected chi connectivity index (χ0v) is 12.3. The van der Waals surface area contributed by atoms with Gasteiger partial charge < -0.3 is 10.6 Å². The molecule has 1 amide bonds. The van der Waals surface area contributed by atoms with Gasteiger partial charge in [0, 0.05) is 24.7 Å². The Hall–Kier alpha value is -2.64. The molecule has 0 saturated heterocycles. The molecule has 8 heteroatoms. The van der Waals surface area contributed by atoms with E-state index in [0.29, 0.717) is 6.07 Å². The van der Waals surface area contributed by atoms with Crippen molar-refractivity contribution in [2.24, 2.45) is 0 Å². The van der Waals surface area contributed by atoms with Crippen molar-refractivity contribution in [1.82, 2.24) is 0 Å².